The molecule has 218 valence electrons. The van der Waals surface area contributed by atoms with Crippen LogP contribution < -0.4 is 10.4 Å². The number of carbonyl (C=O) groups is 1. The number of carbonyl (C=O) groups excluding carboxylic acids is 1. The van der Waals surface area contributed by atoms with Crippen molar-refractivity contribution >= 4 is 24.2 Å². The molecule has 10 heteroatoms. The van der Waals surface area contributed by atoms with E-state index in [1.807, 2.05) is 0 Å². The maximum absolute atomic E-state index is 14.4. The molecule has 1 atom stereocenters. The van der Waals surface area contributed by atoms with E-state index in [1.54, 1.807) is 0 Å². The number of rotatable bonds is 5. The van der Waals surface area contributed by atoms with Gasteiger partial charge in [-0.25, -0.2) is 8.78 Å². The van der Waals surface area contributed by atoms with Crippen molar-refractivity contribution in [3.8, 4) is 0 Å². The van der Waals surface area contributed by atoms with Crippen LogP contribution in [0.4, 0.5) is 14.5 Å². The van der Waals surface area contributed by atoms with Gasteiger partial charge < -0.3 is 18.9 Å². The van der Waals surface area contributed by atoms with E-state index in [4.69, 9.17) is 14.0 Å². The Bertz CT molecular complexity index is 1150. The molecule has 5 fully saturated rings. The number of fused-ring (bicyclic) bond motifs is 2. The van der Waals surface area contributed by atoms with E-state index in [9.17, 15) is 13.6 Å². The first-order valence-electron chi connectivity index (χ1n) is 15.2. The molecular weight excluding hydrogens is 515 g/mol. The smallest absolute Gasteiger partial charge is 0.399 e. The third-order valence-electron chi connectivity index (χ3n) is 11.3. The summed E-state index contributed by atoms with van der Waals surface area (Å²) in [7, 11) is -0.491. The number of alkyl halides is 2. The minimum Gasteiger partial charge on any atom is -0.399 e. The first-order valence-corrected chi connectivity index (χ1v) is 15.2. The molecular formula is C30H42BF2N3O4. The molecule has 5 aliphatic heterocycles. The minimum atomic E-state index is -2.25. The van der Waals surface area contributed by atoms with Crippen LogP contribution in [-0.4, -0.2) is 98.0 Å². The first-order chi connectivity index (χ1) is 19.0. The number of halogens is 2. The molecule has 1 aromatic rings. The standard InChI is InChI=1S/C30H42BF2N3O4/c1-28(2)29(3,4)40-31(39-28)20-5-6-24-25(13-20)36(22-14-21(15-22)35-10-7-19(16-35)26(32)33)27(37)30(24)8-11-34(12-9-30)23-17-38-18-23/h5-6,13,19,21-23,26H,7-12,14-18H2,1-4H3/t19?,21-,22+. The van der Waals surface area contributed by atoms with Crippen LogP contribution in [0.2, 0.25) is 0 Å². The number of anilines is 1. The SMILES string of the molecule is CC1(C)OB(c2ccc3c(c2)N([C@H]2C[C@@H](N4CCC(C(F)F)C4)C2)C(=O)C32CCN(C3COC3)CC2)OC1(C)C. The maximum atomic E-state index is 14.4. The van der Waals surface area contributed by atoms with Crippen molar-refractivity contribution in [3.05, 3.63) is 23.8 Å². The van der Waals surface area contributed by atoms with Gasteiger partial charge in [-0.3, -0.25) is 14.6 Å². The number of hydrogen-bond donors (Lipinski definition) is 0. The molecule has 1 unspecified atom stereocenters. The zero-order chi connectivity index (χ0) is 28.0. The van der Waals surface area contributed by atoms with E-state index < -0.39 is 36.1 Å². The number of hydrogen-bond acceptors (Lipinski definition) is 6. The van der Waals surface area contributed by atoms with Crippen molar-refractivity contribution < 1.29 is 27.6 Å². The van der Waals surface area contributed by atoms with Crippen molar-refractivity contribution in [3.63, 3.8) is 0 Å². The van der Waals surface area contributed by atoms with Crippen LogP contribution in [0, 0.1) is 5.92 Å². The van der Waals surface area contributed by atoms with Crippen molar-refractivity contribution in [2.45, 2.75) is 101 Å². The third kappa shape index (κ3) is 4.11. The van der Waals surface area contributed by atoms with Crippen LogP contribution in [0.1, 0.15) is 65.4 Å². The fourth-order valence-electron chi connectivity index (χ4n) is 7.71. The topological polar surface area (TPSA) is 54.5 Å². The Balaban J connectivity index is 1.16. The molecule has 7 rings (SSSR count). The summed E-state index contributed by atoms with van der Waals surface area (Å²) < 4.78 is 44.8. The lowest BCUT2D eigenvalue weighted by Gasteiger charge is -2.47. The van der Waals surface area contributed by atoms with Gasteiger partial charge in [-0.1, -0.05) is 12.1 Å². The second-order valence-corrected chi connectivity index (χ2v) is 14.0. The quantitative estimate of drug-likeness (QED) is 0.519. The number of likely N-dealkylation sites (tertiary alicyclic amines) is 2. The van der Waals surface area contributed by atoms with E-state index >= 15 is 0 Å². The van der Waals surface area contributed by atoms with E-state index in [0.29, 0.717) is 19.0 Å². The molecule has 7 nitrogen and oxygen atoms in total. The molecule has 1 saturated carbocycles. The molecule has 0 N–H and O–H groups in total. The summed E-state index contributed by atoms with van der Waals surface area (Å²) in [5.74, 6) is -0.307. The molecule has 40 heavy (non-hydrogen) atoms. The Morgan fingerprint density at radius 1 is 0.925 bits per heavy atom. The van der Waals surface area contributed by atoms with Gasteiger partial charge in [-0.15, -0.1) is 0 Å². The fourth-order valence-corrected chi connectivity index (χ4v) is 7.71. The van der Waals surface area contributed by atoms with Gasteiger partial charge in [0.05, 0.1) is 35.9 Å². The predicted molar refractivity (Wildman–Crippen MR) is 149 cm³/mol. The van der Waals surface area contributed by atoms with Crippen LogP contribution in [-0.2, 0) is 24.3 Å². The summed E-state index contributed by atoms with van der Waals surface area (Å²) in [6.45, 7) is 12.8. The van der Waals surface area contributed by atoms with Crippen molar-refractivity contribution in [1.82, 2.24) is 9.80 Å². The molecule has 0 bridgehead atoms. The Labute approximate surface area is 236 Å². The Hall–Kier alpha value is -1.59. The molecule has 1 aromatic carbocycles. The first kappa shape index (κ1) is 27.3. The summed E-state index contributed by atoms with van der Waals surface area (Å²) >= 11 is 0. The lowest BCUT2D eigenvalue weighted by atomic mass is 9.71. The number of piperidine rings is 1. The van der Waals surface area contributed by atoms with Crippen LogP contribution in [0.5, 0.6) is 0 Å². The van der Waals surface area contributed by atoms with Crippen molar-refractivity contribution in [2.24, 2.45) is 5.92 Å². The van der Waals surface area contributed by atoms with Gasteiger partial charge in [0.1, 0.15) is 0 Å². The zero-order valence-electron chi connectivity index (χ0n) is 24.2. The van der Waals surface area contributed by atoms with Gasteiger partial charge in [0.25, 0.3) is 0 Å². The zero-order valence-corrected chi connectivity index (χ0v) is 24.2. The lowest BCUT2D eigenvalue weighted by Crippen LogP contribution is -2.59. The predicted octanol–water partition coefficient (Wildman–Crippen LogP) is 3.18. The highest BCUT2D eigenvalue weighted by atomic mass is 19.3. The van der Waals surface area contributed by atoms with E-state index in [0.717, 1.165) is 75.2 Å². The molecule has 0 aromatic heterocycles. The molecule has 5 heterocycles. The largest absolute Gasteiger partial charge is 0.494 e. The van der Waals surface area contributed by atoms with Crippen LogP contribution in [0.3, 0.4) is 0 Å². The highest BCUT2D eigenvalue weighted by Crippen LogP contribution is 2.51. The highest BCUT2D eigenvalue weighted by Gasteiger charge is 2.57. The van der Waals surface area contributed by atoms with E-state index in [2.05, 4.69) is 60.6 Å². The van der Waals surface area contributed by atoms with Gasteiger partial charge >= 0.3 is 7.12 Å². The summed E-state index contributed by atoms with van der Waals surface area (Å²) in [5, 5.41) is 0. The number of ether oxygens (including phenoxy) is 1. The van der Waals surface area contributed by atoms with E-state index in [1.165, 1.54) is 0 Å². The average Bonchev–Trinajstić information content (AvgIpc) is 3.47. The lowest BCUT2D eigenvalue weighted by molar-refractivity contribution is -0.128. The van der Waals surface area contributed by atoms with Crippen LogP contribution in [0.25, 0.3) is 0 Å². The Kier molecular flexibility index (Phi) is 6.45. The van der Waals surface area contributed by atoms with Gasteiger partial charge in [0.2, 0.25) is 12.3 Å². The Morgan fingerprint density at radius 3 is 2.17 bits per heavy atom. The molecule has 1 aliphatic carbocycles. The highest BCUT2D eigenvalue weighted by molar-refractivity contribution is 6.62. The van der Waals surface area contributed by atoms with Gasteiger partial charge in [0, 0.05) is 30.2 Å². The number of amides is 1. The summed E-state index contributed by atoms with van der Waals surface area (Å²) in [6.07, 6.45) is 1.60. The average molecular weight is 557 g/mol. The van der Waals surface area contributed by atoms with Crippen molar-refractivity contribution in [1.29, 1.82) is 0 Å². The maximum Gasteiger partial charge on any atom is 0.494 e. The number of nitrogens with zero attached hydrogens (tertiary/aromatic N) is 3. The van der Waals surface area contributed by atoms with Gasteiger partial charge in [-0.05, 0) is 96.5 Å². The molecule has 6 aliphatic rings. The molecule has 1 amide bonds. The summed E-state index contributed by atoms with van der Waals surface area (Å²) in [5.41, 5.74) is 1.66. The van der Waals surface area contributed by atoms with Crippen LogP contribution in [0.15, 0.2) is 18.2 Å². The third-order valence-corrected chi connectivity index (χ3v) is 11.3. The second kappa shape index (κ2) is 9.46. The summed E-state index contributed by atoms with van der Waals surface area (Å²) in [6, 6.07) is 7.21. The van der Waals surface area contributed by atoms with Gasteiger partial charge in [-0.2, -0.15) is 0 Å². The second-order valence-electron chi connectivity index (χ2n) is 14.0. The fraction of sp³-hybridized carbons (Fsp3) is 0.767. The molecule has 4 saturated heterocycles. The minimum absolute atomic E-state index is 0.0906. The molecule has 0 radical (unpaired) electrons. The Morgan fingerprint density at radius 2 is 1.60 bits per heavy atom. The van der Waals surface area contributed by atoms with Crippen LogP contribution >= 0.6 is 0 Å². The van der Waals surface area contributed by atoms with Crippen molar-refractivity contribution in [2.75, 3.05) is 44.3 Å². The monoisotopic (exact) mass is 557 g/mol. The van der Waals surface area contributed by atoms with Gasteiger partial charge in [0.15, 0.2) is 0 Å². The molecule has 1 spiro atoms. The number of benzene rings is 1. The van der Waals surface area contributed by atoms with E-state index in [-0.39, 0.29) is 18.0 Å². The summed E-state index contributed by atoms with van der Waals surface area (Å²) in [4.78, 5) is 21.2. The normalized spacial score (nSPS) is 33.6.